The predicted molar refractivity (Wildman–Crippen MR) is 184 cm³/mol. The number of alkyl halides is 6. The number of hydrogen-bond donors (Lipinski definition) is 6. The van der Waals surface area contributed by atoms with Crippen molar-refractivity contribution in [1.82, 2.24) is 0 Å². The van der Waals surface area contributed by atoms with E-state index in [4.69, 9.17) is 41.4 Å². The zero-order chi connectivity index (χ0) is 38.9. The van der Waals surface area contributed by atoms with Crippen LogP contribution in [0.1, 0.15) is 54.7 Å². The van der Waals surface area contributed by atoms with Crippen LogP contribution in [0.3, 0.4) is 0 Å². The summed E-state index contributed by atoms with van der Waals surface area (Å²) in [7, 11) is 0. The number of nitrogens with two attached hydrogens (primary N) is 2. The van der Waals surface area contributed by atoms with Crippen LogP contribution in [0.4, 0.5) is 26.3 Å². The van der Waals surface area contributed by atoms with Crippen molar-refractivity contribution in [3.05, 3.63) is 131 Å². The first-order valence-electron chi connectivity index (χ1n) is 15.5. The van der Waals surface area contributed by atoms with Crippen LogP contribution in [-0.4, -0.2) is 57.7 Å². The van der Waals surface area contributed by atoms with Crippen molar-refractivity contribution in [2.45, 2.75) is 57.0 Å². The summed E-state index contributed by atoms with van der Waals surface area (Å²) in [5, 5.41) is 32.5. The van der Waals surface area contributed by atoms with Gasteiger partial charge in [-0.05, 0) is 72.7 Å². The molecule has 0 aliphatic rings. The Morgan fingerprint density at radius 3 is 1.06 bits per heavy atom. The number of aliphatic carboxylic acids is 2. The summed E-state index contributed by atoms with van der Waals surface area (Å²) in [4.78, 5) is 19.5. The molecule has 4 rings (SSSR count). The van der Waals surface area contributed by atoms with Crippen LogP contribution in [0.25, 0.3) is 0 Å². The standard InChI is InChI=1S/2C16H16F3NO.C4H6O6.CH4/c2*17-16(18,19)13-6-8-14(9-7-13)21-15(10-11-20)12-4-2-1-3-5-12;5-1(3(7)8)2(6)4(9)10;/h2*1-9,15H,10-11,20H2;1-2,5-6H,(H,7,8)(H,9,10);1H4/t2*15-;1-,2-;/m110./s1. The molecule has 0 aliphatic carbocycles. The molecule has 0 amide bonds. The zero-order valence-corrected chi connectivity index (χ0v) is 27.4. The van der Waals surface area contributed by atoms with Gasteiger partial charge in [0.1, 0.15) is 23.7 Å². The van der Waals surface area contributed by atoms with E-state index in [2.05, 4.69) is 0 Å². The fourth-order valence-electron chi connectivity index (χ4n) is 4.27. The first kappa shape index (κ1) is 45.9. The van der Waals surface area contributed by atoms with Gasteiger partial charge in [-0.1, -0.05) is 68.1 Å². The molecule has 0 heterocycles. The average molecular weight is 757 g/mol. The van der Waals surface area contributed by atoms with Gasteiger partial charge in [-0.25, -0.2) is 9.59 Å². The third-order valence-corrected chi connectivity index (χ3v) is 6.93. The molecule has 8 N–H and O–H groups in total. The Morgan fingerprint density at radius 1 is 0.547 bits per heavy atom. The highest BCUT2D eigenvalue weighted by Gasteiger charge is 2.31. The van der Waals surface area contributed by atoms with Crippen molar-refractivity contribution in [3.63, 3.8) is 0 Å². The molecule has 0 saturated carbocycles. The molecular weight excluding hydrogens is 714 g/mol. The molecule has 53 heavy (non-hydrogen) atoms. The molecule has 4 aromatic carbocycles. The fraction of sp³-hybridized carbons (Fsp3) is 0.297. The van der Waals surface area contributed by atoms with Gasteiger partial charge in [-0.3, -0.25) is 0 Å². The highest BCUT2D eigenvalue weighted by Crippen LogP contribution is 2.33. The van der Waals surface area contributed by atoms with E-state index in [1.165, 1.54) is 24.3 Å². The first-order valence-corrected chi connectivity index (χ1v) is 15.5. The molecule has 0 aromatic heterocycles. The Balaban J connectivity index is 0.000000420. The van der Waals surface area contributed by atoms with E-state index < -0.39 is 47.6 Å². The van der Waals surface area contributed by atoms with Crippen molar-refractivity contribution >= 4 is 11.9 Å². The van der Waals surface area contributed by atoms with Gasteiger partial charge in [0.2, 0.25) is 0 Å². The molecule has 0 bridgehead atoms. The lowest BCUT2D eigenvalue weighted by molar-refractivity contribution is -0.165. The van der Waals surface area contributed by atoms with E-state index >= 15 is 0 Å². The van der Waals surface area contributed by atoms with E-state index in [0.29, 0.717) is 37.4 Å². The zero-order valence-electron chi connectivity index (χ0n) is 27.4. The van der Waals surface area contributed by atoms with Gasteiger partial charge in [-0.15, -0.1) is 0 Å². The van der Waals surface area contributed by atoms with E-state index in [-0.39, 0.29) is 19.6 Å². The first-order chi connectivity index (χ1) is 24.5. The Hall–Kier alpha value is -5.16. The Labute approximate surface area is 302 Å². The minimum absolute atomic E-state index is 0. The van der Waals surface area contributed by atoms with Crippen LogP contribution in [0.15, 0.2) is 109 Å². The Kier molecular flexibility index (Phi) is 19.1. The van der Waals surface area contributed by atoms with Gasteiger partial charge < -0.3 is 41.4 Å². The molecule has 0 unspecified atom stereocenters. The molecule has 16 heteroatoms. The monoisotopic (exact) mass is 756 g/mol. The van der Waals surface area contributed by atoms with Crippen LogP contribution in [0.5, 0.6) is 11.5 Å². The number of carbonyl (C=O) groups is 2. The number of carboxylic acid groups (broad SMARTS) is 2. The van der Waals surface area contributed by atoms with Crippen LogP contribution >= 0.6 is 0 Å². The number of halogens is 6. The number of carboxylic acids is 2. The maximum atomic E-state index is 12.5. The largest absolute Gasteiger partial charge is 0.486 e. The van der Waals surface area contributed by atoms with Crippen molar-refractivity contribution < 1.29 is 65.8 Å². The third kappa shape index (κ3) is 16.0. The highest BCUT2D eigenvalue weighted by molar-refractivity contribution is 5.83. The summed E-state index contributed by atoms with van der Waals surface area (Å²) in [5.41, 5.74) is 11.7. The molecule has 0 fully saturated rings. The second kappa shape index (κ2) is 22.0. The number of aliphatic hydroxyl groups is 2. The summed E-state index contributed by atoms with van der Waals surface area (Å²) < 4.78 is 86.6. The molecule has 290 valence electrons. The van der Waals surface area contributed by atoms with Crippen LogP contribution in [0, 0.1) is 0 Å². The van der Waals surface area contributed by atoms with Crippen LogP contribution < -0.4 is 20.9 Å². The smallest absolute Gasteiger partial charge is 0.416 e. The maximum absolute atomic E-state index is 12.5. The third-order valence-electron chi connectivity index (χ3n) is 6.93. The Morgan fingerprint density at radius 2 is 0.830 bits per heavy atom. The van der Waals surface area contributed by atoms with E-state index in [0.717, 1.165) is 35.4 Å². The van der Waals surface area contributed by atoms with Gasteiger partial charge in [0.05, 0.1) is 11.1 Å². The fourth-order valence-corrected chi connectivity index (χ4v) is 4.27. The molecule has 4 aromatic rings. The van der Waals surface area contributed by atoms with Crippen molar-refractivity contribution in [3.8, 4) is 11.5 Å². The summed E-state index contributed by atoms with van der Waals surface area (Å²) in [6, 6.07) is 28.3. The minimum atomic E-state index is -4.34. The number of aliphatic hydroxyl groups excluding tert-OH is 2. The molecule has 0 radical (unpaired) electrons. The lowest BCUT2D eigenvalue weighted by atomic mass is 10.1. The summed E-state index contributed by atoms with van der Waals surface area (Å²) in [6.07, 6.45) is -12.6. The second-order valence-corrected chi connectivity index (χ2v) is 10.8. The van der Waals surface area contributed by atoms with Crippen molar-refractivity contribution in [2.24, 2.45) is 11.5 Å². The highest BCUT2D eigenvalue weighted by atomic mass is 19.4. The van der Waals surface area contributed by atoms with Crippen LogP contribution in [0.2, 0.25) is 0 Å². The number of hydrogen-bond acceptors (Lipinski definition) is 8. The number of ether oxygens (including phenoxy) is 2. The van der Waals surface area contributed by atoms with Gasteiger partial charge in [0, 0.05) is 12.8 Å². The summed E-state index contributed by atoms with van der Waals surface area (Å²) in [5.74, 6) is -2.75. The lowest BCUT2D eigenvalue weighted by Crippen LogP contribution is -2.39. The number of benzene rings is 4. The summed E-state index contributed by atoms with van der Waals surface area (Å²) >= 11 is 0. The SMILES string of the molecule is C.NCC[C@@H](Oc1ccc(C(F)(F)F)cc1)c1ccccc1.NCC[C@@H](Oc1ccc(C(F)(F)F)cc1)c1ccccc1.O=C(O)[C@@H](O)[C@H](O)C(=O)O. The maximum Gasteiger partial charge on any atom is 0.416 e. The lowest BCUT2D eigenvalue weighted by Gasteiger charge is -2.19. The van der Waals surface area contributed by atoms with Crippen LogP contribution in [-0.2, 0) is 21.9 Å². The molecule has 4 atom stereocenters. The Bertz CT molecular complexity index is 1500. The van der Waals surface area contributed by atoms with Gasteiger partial charge >= 0.3 is 24.3 Å². The molecule has 0 aliphatic heterocycles. The topological polar surface area (TPSA) is 186 Å². The average Bonchev–Trinajstić information content (AvgIpc) is 3.11. The normalized spacial score (nSPS) is 13.2. The quantitative estimate of drug-likeness (QED) is 0.0788. The van der Waals surface area contributed by atoms with Gasteiger partial charge in [0.15, 0.2) is 12.2 Å². The molecule has 10 nitrogen and oxygen atoms in total. The number of rotatable bonds is 13. The predicted octanol–water partition coefficient (Wildman–Crippen LogP) is 6.86. The van der Waals surface area contributed by atoms with Gasteiger partial charge in [-0.2, -0.15) is 26.3 Å². The molecular formula is C37H42F6N2O8. The minimum Gasteiger partial charge on any atom is -0.486 e. The van der Waals surface area contributed by atoms with E-state index in [1.807, 2.05) is 60.7 Å². The van der Waals surface area contributed by atoms with Gasteiger partial charge in [0.25, 0.3) is 0 Å². The van der Waals surface area contributed by atoms with E-state index in [1.54, 1.807) is 0 Å². The van der Waals surface area contributed by atoms with Crippen molar-refractivity contribution in [2.75, 3.05) is 13.1 Å². The molecule has 0 saturated heterocycles. The summed E-state index contributed by atoms with van der Waals surface area (Å²) in [6.45, 7) is 0.861. The van der Waals surface area contributed by atoms with E-state index in [9.17, 15) is 35.9 Å². The second-order valence-electron chi connectivity index (χ2n) is 10.8. The van der Waals surface area contributed by atoms with Crippen molar-refractivity contribution in [1.29, 1.82) is 0 Å². The molecule has 0 spiro atoms.